The second kappa shape index (κ2) is 3.72. The van der Waals surface area contributed by atoms with E-state index in [2.05, 4.69) is 16.0 Å². The summed E-state index contributed by atoms with van der Waals surface area (Å²) in [5.41, 5.74) is 7.62. The fourth-order valence-corrected chi connectivity index (χ4v) is 1.57. The molecule has 3 nitrogen and oxygen atoms in total. The van der Waals surface area contributed by atoms with Gasteiger partial charge in [0.25, 0.3) is 0 Å². The molecule has 2 N–H and O–H groups in total. The Kier molecular flexibility index (Phi) is 2.41. The van der Waals surface area contributed by atoms with E-state index in [1.807, 2.05) is 25.4 Å². The summed E-state index contributed by atoms with van der Waals surface area (Å²) in [7, 11) is 0. The van der Waals surface area contributed by atoms with Crippen LogP contribution in [-0.4, -0.2) is 16.5 Å². The maximum Gasteiger partial charge on any atom is 0.0495 e. The summed E-state index contributed by atoms with van der Waals surface area (Å²) < 4.78 is 0. The third kappa shape index (κ3) is 1.59. The molecule has 72 valence electrons. The summed E-state index contributed by atoms with van der Waals surface area (Å²) in [6.07, 6.45) is 4.51. The van der Waals surface area contributed by atoms with Crippen molar-refractivity contribution in [2.75, 3.05) is 6.54 Å². The molecule has 2 aromatic rings. The first-order valence-corrected chi connectivity index (χ1v) is 4.71. The molecule has 0 atom stereocenters. The highest BCUT2D eigenvalue weighted by Gasteiger charge is 2.01. The Morgan fingerprint density at radius 3 is 3.00 bits per heavy atom. The van der Waals surface area contributed by atoms with Crippen molar-refractivity contribution in [3.8, 4) is 0 Å². The van der Waals surface area contributed by atoms with Gasteiger partial charge >= 0.3 is 0 Å². The van der Waals surface area contributed by atoms with Gasteiger partial charge in [-0.25, -0.2) is 0 Å². The Labute approximate surface area is 83.0 Å². The van der Waals surface area contributed by atoms with Gasteiger partial charge in [0.2, 0.25) is 0 Å². The Balaban J connectivity index is 2.64. The third-order valence-corrected chi connectivity index (χ3v) is 2.25. The van der Waals surface area contributed by atoms with Crippen molar-refractivity contribution in [1.82, 2.24) is 9.97 Å². The standard InChI is InChI=1S/C11H13N3/c1-8-6-10-9(7-14-8)3-5-13-11(10)2-4-12/h3,5-7H,2,4,12H2,1H3. The van der Waals surface area contributed by atoms with E-state index >= 15 is 0 Å². The zero-order chi connectivity index (χ0) is 9.97. The number of aromatic nitrogens is 2. The molecule has 2 aromatic heterocycles. The van der Waals surface area contributed by atoms with E-state index in [9.17, 15) is 0 Å². The molecule has 0 radical (unpaired) electrons. The molecule has 0 fully saturated rings. The summed E-state index contributed by atoms with van der Waals surface area (Å²) in [6.45, 7) is 2.62. The largest absolute Gasteiger partial charge is 0.330 e. The summed E-state index contributed by atoms with van der Waals surface area (Å²) >= 11 is 0. The topological polar surface area (TPSA) is 51.8 Å². The molecule has 3 heteroatoms. The molecule has 0 amide bonds. The van der Waals surface area contributed by atoms with Crippen LogP contribution in [-0.2, 0) is 6.42 Å². The predicted molar refractivity (Wildman–Crippen MR) is 57.0 cm³/mol. The average Bonchev–Trinajstić information content (AvgIpc) is 2.19. The molecule has 0 saturated carbocycles. The Hall–Kier alpha value is -1.48. The van der Waals surface area contributed by atoms with E-state index in [0.29, 0.717) is 6.54 Å². The van der Waals surface area contributed by atoms with Crippen molar-refractivity contribution in [2.45, 2.75) is 13.3 Å². The van der Waals surface area contributed by atoms with Crippen molar-refractivity contribution < 1.29 is 0 Å². The van der Waals surface area contributed by atoms with Gasteiger partial charge in [0.1, 0.15) is 0 Å². The number of hydrogen-bond acceptors (Lipinski definition) is 3. The Morgan fingerprint density at radius 2 is 2.21 bits per heavy atom. The summed E-state index contributed by atoms with van der Waals surface area (Å²) in [6, 6.07) is 4.04. The van der Waals surface area contributed by atoms with Gasteiger partial charge in [0, 0.05) is 41.0 Å². The van der Waals surface area contributed by atoms with E-state index in [4.69, 9.17) is 5.73 Å². The lowest BCUT2D eigenvalue weighted by Gasteiger charge is -2.04. The zero-order valence-electron chi connectivity index (χ0n) is 8.20. The fraction of sp³-hybridized carbons (Fsp3) is 0.273. The lowest BCUT2D eigenvalue weighted by molar-refractivity contribution is 0.934. The predicted octanol–water partition coefficient (Wildman–Crippen LogP) is 1.44. The molecule has 0 aliphatic heterocycles. The number of aryl methyl sites for hydroxylation is 1. The Bertz CT molecular complexity index is 451. The smallest absolute Gasteiger partial charge is 0.0495 e. The molecule has 0 bridgehead atoms. The molecule has 2 rings (SSSR count). The number of pyridine rings is 2. The van der Waals surface area contributed by atoms with Gasteiger partial charge in [-0.2, -0.15) is 0 Å². The maximum absolute atomic E-state index is 5.53. The highest BCUT2D eigenvalue weighted by Crippen LogP contribution is 2.16. The van der Waals surface area contributed by atoms with Crippen LogP contribution in [0.4, 0.5) is 0 Å². The monoisotopic (exact) mass is 187 g/mol. The molecule has 0 unspecified atom stereocenters. The first-order valence-electron chi connectivity index (χ1n) is 4.71. The second-order valence-electron chi connectivity index (χ2n) is 3.34. The van der Waals surface area contributed by atoms with Crippen LogP contribution in [0, 0.1) is 6.92 Å². The van der Waals surface area contributed by atoms with Crippen molar-refractivity contribution in [2.24, 2.45) is 5.73 Å². The van der Waals surface area contributed by atoms with Crippen molar-refractivity contribution in [3.05, 3.63) is 35.9 Å². The maximum atomic E-state index is 5.53. The Morgan fingerprint density at radius 1 is 1.36 bits per heavy atom. The molecule has 14 heavy (non-hydrogen) atoms. The summed E-state index contributed by atoms with van der Waals surface area (Å²) in [5.74, 6) is 0. The molecule has 0 aromatic carbocycles. The quantitative estimate of drug-likeness (QED) is 0.774. The zero-order valence-corrected chi connectivity index (χ0v) is 8.20. The van der Waals surface area contributed by atoms with Gasteiger partial charge in [-0.05, 0) is 25.6 Å². The fourth-order valence-electron chi connectivity index (χ4n) is 1.57. The minimum absolute atomic E-state index is 0.632. The molecule has 0 aliphatic carbocycles. The van der Waals surface area contributed by atoms with Gasteiger partial charge in [-0.15, -0.1) is 0 Å². The van der Waals surface area contributed by atoms with Gasteiger partial charge < -0.3 is 5.73 Å². The molecular weight excluding hydrogens is 174 g/mol. The lowest BCUT2D eigenvalue weighted by atomic mass is 10.1. The number of nitrogens with zero attached hydrogens (tertiary/aromatic N) is 2. The van der Waals surface area contributed by atoms with Gasteiger partial charge in [-0.3, -0.25) is 9.97 Å². The van der Waals surface area contributed by atoms with Crippen molar-refractivity contribution >= 4 is 10.8 Å². The minimum Gasteiger partial charge on any atom is -0.330 e. The normalized spacial score (nSPS) is 10.7. The van der Waals surface area contributed by atoms with Gasteiger partial charge in [-0.1, -0.05) is 0 Å². The molecule has 0 saturated heterocycles. The van der Waals surface area contributed by atoms with E-state index in [-0.39, 0.29) is 0 Å². The van der Waals surface area contributed by atoms with Crippen LogP contribution in [0.15, 0.2) is 24.5 Å². The summed E-state index contributed by atoms with van der Waals surface area (Å²) in [5, 5.41) is 2.31. The average molecular weight is 187 g/mol. The van der Waals surface area contributed by atoms with E-state index in [0.717, 1.165) is 23.2 Å². The number of hydrogen-bond donors (Lipinski definition) is 1. The van der Waals surface area contributed by atoms with Crippen molar-refractivity contribution in [1.29, 1.82) is 0 Å². The molecule has 0 spiro atoms. The lowest BCUT2D eigenvalue weighted by Crippen LogP contribution is -2.04. The van der Waals surface area contributed by atoms with Crippen LogP contribution >= 0.6 is 0 Å². The van der Waals surface area contributed by atoms with E-state index in [1.165, 1.54) is 5.39 Å². The SMILES string of the molecule is Cc1cc2c(CCN)nccc2cn1. The van der Waals surface area contributed by atoms with Crippen LogP contribution in [0.25, 0.3) is 10.8 Å². The third-order valence-electron chi connectivity index (χ3n) is 2.25. The summed E-state index contributed by atoms with van der Waals surface area (Å²) in [4.78, 5) is 8.58. The van der Waals surface area contributed by atoms with Crippen LogP contribution in [0.1, 0.15) is 11.4 Å². The highest BCUT2D eigenvalue weighted by atomic mass is 14.7. The van der Waals surface area contributed by atoms with Crippen LogP contribution < -0.4 is 5.73 Å². The minimum atomic E-state index is 0.632. The van der Waals surface area contributed by atoms with Crippen LogP contribution in [0.3, 0.4) is 0 Å². The highest BCUT2D eigenvalue weighted by molar-refractivity contribution is 5.83. The van der Waals surface area contributed by atoms with E-state index in [1.54, 1.807) is 0 Å². The number of rotatable bonds is 2. The second-order valence-corrected chi connectivity index (χ2v) is 3.34. The first kappa shape index (κ1) is 9.09. The number of fused-ring (bicyclic) bond motifs is 1. The number of nitrogens with two attached hydrogens (primary N) is 1. The van der Waals surface area contributed by atoms with Gasteiger partial charge in [0.15, 0.2) is 0 Å². The van der Waals surface area contributed by atoms with Crippen molar-refractivity contribution in [3.63, 3.8) is 0 Å². The molecule has 0 aliphatic rings. The van der Waals surface area contributed by atoms with Crippen LogP contribution in [0.2, 0.25) is 0 Å². The first-order chi connectivity index (χ1) is 6.81. The van der Waals surface area contributed by atoms with Crippen LogP contribution in [0.5, 0.6) is 0 Å². The molecular formula is C11H13N3. The molecule has 2 heterocycles. The van der Waals surface area contributed by atoms with E-state index < -0.39 is 0 Å². The van der Waals surface area contributed by atoms with Gasteiger partial charge in [0.05, 0.1) is 0 Å².